The minimum Gasteiger partial charge on any atom is -0.469 e. The maximum atomic E-state index is 11.1. The van der Waals surface area contributed by atoms with Crippen molar-refractivity contribution in [2.75, 3.05) is 26.7 Å². The lowest BCUT2D eigenvalue weighted by atomic mass is 10.1. The number of unbranched alkanes of at least 4 members (excludes halogenated alkanes) is 6. The van der Waals surface area contributed by atoms with Gasteiger partial charge in [-0.2, -0.15) is 0 Å². The van der Waals surface area contributed by atoms with Gasteiger partial charge in [0.05, 0.1) is 13.5 Å². The zero-order chi connectivity index (χ0) is 13.6. The number of carbonyl (C=O) groups excluding carboxylic acids is 1. The summed E-state index contributed by atoms with van der Waals surface area (Å²) >= 11 is 0. The third-order valence-corrected chi connectivity index (χ3v) is 3.38. The van der Waals surface area contributed by atoms with Crippen molar-refractivity contribution in [3.8, 4) is 0 Å². The second-order valence-electron chi connectivity index (χ2n) is 4.88. The van der Waals surface area contributed by atoms with E-state index in [1.165, 1.54) is 52.1 Å². The van der Waals surface area contributed by atoms with E-state index in [4.69, 9.17) is 0 Å². The minimum atomic E-state index is -0.104. The van der Waals surface area contributed by atoms with Crippen LogP contribution in [0.2, 0.25) is 0 Å². The molecule has 18 heavy (non-hydrogen) atoms. The highest BCUT2D eigenvalue weighted by Gasteiger charge is 2.06. The van der Waals surface area contributed by atoms with Gasteiger partial charge in [-0.05, 0) is 19.5 Å². The Hall–Kier alpha value is -0.570. The van der Waals surface area contributed by atoms with Crippen molar-refractivity contribution in [1.82, 2.24) is 4.90 Å². The summed E-state index contributed by atoms with van der Waals surface area (Å²) in [6.07, 6.45) is 9.89. The van der Waals surface area contributed by atoms with Crippen LogP contribution in [0.25, 0.3) is 0 Å². The van der Waals surface area contributed by atoms with E-state index in [0.29, 0.717) is 6.42 Å². The summed E-state index contributed by atoms with van der Waals surface area (Å²) in [5.74, 6) is -0.104. The molecule has 3 heteroatoms. The number of methoxy groups -OCH3 is 1. The van der Waals surface area contributed by atoms with Gasteiger partial charge in [0.25, 0.3) is 0 Å². The Morgan fingerprint density at radius 1 is 0.944 bits per heavy atom. The maximum absolute atomic E-state index is 11.1. The van der Waals surface area contributed by atoms with Gasteiger partial charge in [0.15, 0.2) is 0 Å². The van der Waals surface area contributed by atoms with Crippen molar-refractivity contribution < 1.29 is 9.53 Å². The smallest absolute Gasteiger partial charge is 0.306 e. The van der Waals surface area contributed by atoms with Gasteiger partial charge in [-0.25, -0.2) is 0 Å². The molecular weight excluding hydrogens is 226 g/mol. The van der Waals surface area contributed by atoms with E-state index in [0.717, 1.165) is 19.6 Å². The summed E-state index contributed by atoms with van der Waals surface area (Å²) in [4.78, 5) is 13.4. The van der Waals surface area contributed by atoms with Crippen LogP contribution >= 0.6 is 0 Å². The molecule has 0 aliphatic rings. The van der Waals surface area contributed by atoms with Gasteiger partial charge in [0.1, 0.15) is 0 Å². The van der Waals surface area contributed by atoms with Crippen LogP contribution < -0.4 is 0 Å². The minimum absolute atomic E-state index is 0.104. The summed E-state index contributed by atoms with van der Waals surface area (Å²) in [5.41, 5.74) is 0. The normalized spacial score (nSPS) is 10.9. The quantitative estimate of drug-likeness (QED) is 0.395. The SMILES string of the molecule is CCCCCCCCCN(CC)CCC(=O)OC. The zero-order valence-electron chi connectivity index (χ0n) is 12.5. The second-order valence-corrected chi connectivity index (χ2v) is 4.88. The Bertz CT molecular complexity index is 195. The number of esters is 1. The fourth-order valence-corrected chi connectivity index (χ4v) is 2.07. The summed E-state index contributed by atoms with van der Waals surface area (Å²) in [6.45, 7) is 7.37. The lowest BCUT2D eigenvalue weighted by Crippen LogP contribution is -2.27. The van der Waals surface area contributed by atoms with E-state index in [9.17, 15) is 4.79 Å². The first-order valence-corrected chi connectivity index (χ1v) is 7.53. The van der Waals surface area contributed by atoms with Gasteiger partial charge >= 0.3 is 5.97 Å². The lowest BCUT2D eigenvalue weighted by Gasteiger charge is -2.19. The van der Waals surface area contributed by atoms with Crippen LogP contribution in [0.4, 0.5) is 0 Å². The topological polar surface area (TPSA) is 29.5 Å². The highest BCUT2D eigenvalue weighted by molar-refractivity contribution is 5.69. The Balaban J connectivity index is 3.41. The van der Waals surface area contributed by atoms with Gasteiger partial charge in [0, 0.05) is 6.54 Å². The average Bonchev–Trinajstić information content (AvgIpc) is 2.40. The van der Waals surface area contributed by atoms with E-state index in [2.05, 4.69) is 23.5 Å². The zero-order valence-corrected chi connectivity index (χ0v) is 12.5. The largest absolute Gasteiger partial charge is 0.469 e. The fourth-order valence-electron chi connectivity index (χ4n) is 2.07. The summed E-state index contributed by atoms with van der Waals surface area (Å²) in [6, 6.07) is 0. The molecule has 0 heterocycles. The van der Waals surface area contributed by atoms with Crippen LogP contribution in [0.5, 0.6) is 0 Å². The van der Waals surface area contributed by atoms with E-state index < -0.39 is 0 Å². The van der Waals surface area contributed by atoms with E-state index in [-0.39, 0.29) is 5.97 Å². The highest BCUT2D eigenvalue weighted by Crippen LogP contribution is 2.07. The van der Waals surface area contributed by atoms with Crippen molar-refractivity contribution in [2.45, 2.75) is 65.2 Å². The second kappa shape index (κ2) is 12.9. The standard InChI is InChI=1S/C15H31NO2/c1-4-6-7-8-9-10-11-13-16(5-2)14-12-15(17)18-3/h4-14H2,1-3H3. The third kappa shape index (κ3) is 10.6. The monoisotopic (exact) mass is 257 g/mol. The number of rotatable bonds is 12. The molecule has 0 aromatic carbocycles. The van der Waals surface area contributed by atoms with Gasteiger partial charge in [0.2, 0.25) is 0 Å². The molecule has 0 N–H and O–H groups in total. The van der Waals surface area contributed by atoms with Crippen LogP contribution in [0.1, 0.15) is 65.2 Å². The number of hydrogen-bond donors (Lipinski definition) is 0. The van der Waals surface area contributed by atoms with Crippen molar-refractivity contribution >= 4 is 5.97 Å². The molecule has 108 valence electrons. The molecule has 3 nitrogen and oxygen atoms in total. The third-order valence-electron chi connectivity index (χ3n) is 3.38. The van der Waals surface area contributed by atoms with Gasteiger partial charge in [-0.1, -0.05) is 52.4 Å². The van der Waals surface area contributed by atoms with Gasteiger partial charge in [-0.3, -0.25) is 4.79 Å². The molecule has 0 aromatic rings. The molecular formula is C15H31NO2. The van der Waals surface area contributed by atoms with Gasteiger partial charge in [-0.15, -0.1) is 0 Å². The van der Waals surface area contributed by atoms with Gasteiger partial charge < -0.3 is 9.64 Å². The van der Waals surface area contributed by atoms with E-state index in [1.807, 2.05) is 0 Å². The Kier molecular flexibility index (Phi) is 12.5. The summed E-state index contributed by atoms with van der Waals surface area (Å²) in [7, 11) is 1.45. The first kappa shape index (κ1) is 17.4. The van der Waals surface area contributed by atoms with Crippen molar-refractivity contribution in [1.29, 1.82) is 0 Å². The predicted molar refractivity (Wildman–Crippen MR) is 76.7 cm³/mol. The highest BCUT2D eigenvalue weighted by atomic mass is 16.5. The molecule has 0 aliphatic carbocycles. The summed E-state index contributed by atoms with van der Waals surface area (Å²) in [5, 5.41) is 0. The molecule has 0 amide bonds. The fraction of sp³-hybridized carbons (Fsp3) is 0.933. The van der Waals surface area contributed by atoms with Crippen molar-refractivity contribution in [2.24, 2.45) is 0 Å². The molecule has 0 unspecified atom stereocenters. The molecule has 0 radical (unpaired) electrons. The Morgan fingerprint density at radius 3 is 2.11 bits per heavy atom. The number of ether oxygens (including phenoxy) is 1. The molecule has 0 atom stereocenters. The van der Waals surface area contributed by atoms with Crippen LogP contribution in [-0.2, 0) is 9.53 Å². The number of nitrogens with zero attached hydrogens (tertiary/aromatic N) is 1. The number of carbonyl (C=O) groups is 1. The predicted octanol–water partition coefficient (Wildman–Crippen LogP) is 3.62. The molecule has 0 fully saturated rings. The van der Waals surface area contributed by atoms with E-state index in [1.54, 1.807) is 0 Å². The molecule has 0 spiro atoms. The molecule has 0 aromatic heterocycles. The van der Waals surface area contributed by atoms with Crippen LogP contribution in [0, 0.1) is 0 Å². The molecule has 0 aliphatic heterocycles. The first-order chi connectivity index (χ1) is 8.74. The van der Waals surface area contributed by atoms with Crippen LogP contribution in [-0.4, -0.2) is 37.6 Å². The molecule has 0 saturated heterocycles. The molecule has 0 bridgehead atoms. The lowest BCUT2D eigenvalue weighted by molar-refractivity contribution is -0.140. The van der Waals surface area contributed by atoms with Crippen molar-refractivity contribution in [3.63, 3.8) is 0 Å². The van der Waals surface area contributed by atoms with Crippen molar-refractivity contribution in [3.05, 3.63) is 0 Å². The summed E-state index contributed by atoms with van der Waals surface area (Å²) < 4.78 is 4.66. The maximum Gasteiger partial charge on any atom is 0.306 e. The van der Waals surface area contributed by atoms with E-state index >= 15 is 0 Å². The first-order valence-electron chi connectivity index (χ1n) is 7.53. The van der Waals surface area contributed by atoms with Crippen LogP contribution in [0.3, 0.4) is 0 Å². The Labute approximate surface area is 113 Å². The molecule has 0 rings (SSSR count). The average molecular weight is 257 g/mol. The molecule has 0 saturated carbocycles. The van der Waals surface area contributed by atoms with Crippen LogP contribution in [0.15, 0.2) is 0 Å². The Morgan fingerprint density at radius 2 is 1.56 bits per heavy atom. The number of hydrogen-bond acceptors (Lipinski definition) is 3.